The Kier molecular flexibility index (Phi) is 6.28. The molecule has 0 aliphatic carbocycles. The largest absolute Gasteiger partial charge is 0.496 e. The zero-order valence-electron chi connectivity index (χ0n) is 15.5. The molecule has 0 aromatic heterocycles. The van der Waals surface area contributed by atoms with Gasteiger partial charge in [-0.3, -0.25) is 4.79 Å². The number of nitrogens with one attached hydrogen (secondary N) is 1. The number of amides is 1. The van der Waals surface area contributed by atoms with Crippen molar-refractivity contribution >= 4 is 16.7 Å². The molecule has 0 aliphatic heterocycles. The Morgan fingerprint density at radius 3 is 2.63 bits per heavy atom. The van der Waals surface area contributed by atoms with Gasteiger partial charge >= 0.3 is 0 Å². The van der Waals surface area contributed by atoms with Crippen LogP contribution in [0.1, 0.15) is 15.9 Å². The predicted octanol–water partition coefficient (Wildman–Crippen LogP) is 3.80. The average Bonchev–Trinajstić information content (AvgIpc) is 2.72. The maximum atomic E-state index is 12.6. The van der Waals surface area contributed by atoms with Crippen molar-refractivity contribution in [2.45, 2.75) is 6.54 Å². The highest BCUT2D eigenvalue weighted by atomic mass is 16.5. The quantitative estimate of drug-likeness (QED) is 0.617. The van der Waals surface area contributed by atoms with E-state index < -0.39 is 0 Å². The van der Waals surface area contributed by atoms with Crippen molar-refractivity contribution in [1.29, 1.82) is 0 Å². The normalized spacial score (nSPS) is 10.6. The molecule has 3 aromatic rings. The molecule has 0 unspecified atom stereocenters. The smallest absolute Gasteiger partial charge is 0.251 e. The van der Waals surface area contributed by atoms with Crippen molar-refractivity contribution in [3.05, 3.63) is 71.8 Å². The lowest BCUT2D eigenvalue weighted by molar-refractivity contribution is 0.0950. The predicted molar refractivity (Wildman–Crippen MR) is 105 cm³/mol. The first-order valence-corrected chi connectivity index (χ1v) is 8.77. The second kappa shape index (κ2) is 9.05. The van der Waals surface area contributed by atoms with Crippen molar-refractivity contribution in [3.63, 3.8) is 0 Å². The van der Waals surface area contributed by atoms with Crippen molar-refractivity contribution in [2.75, 3.05) is 27.4 Å². The van der Waals surface area contributed by atoms with Crippen molar-refractivity contribution < 1.29 is 19.0 Å². The topological polar surface area (TPSA) is 56.8 Å². The number of benzene rings is 3. The molecule has 1 N–H and O–H groups in total. The first kappa shape index (κ1) is 18.7. The van der Waals surface area contributed by atoms with Gasteiger partial charge in [0.2, 0.25) is 0 Å². The van der Waals surface area contributed by atoms with E-state index in [1.807, 2.05) is 42.5 Å². The summed E-state index contributed by atoms with van der Waals surface area (Å²) in [7, 11) is 3.26. The highest BCUT2D eigenvalue weighted by Gasteiger charge is 2.11. The molecule has 0 saturated heterocycles. The minimum atomic E-state index is -0.165. The summed E-state index contributed by atoms with van der Waals surface area (Å²) in [4.78, 5) is 12.6. The summed E-state index contributed by atoms with van der Waals surface area (Å²) in [6, 6.07) is 19.1. The van der Waals surface area contributed by atoms with E-state index in [4.69, 9.17) is 14.2 Å². The van der Waals surface area contributed by atoms with Crippen LogP contribution in [0.2, 0.25) is 0 Å². The number of carbonyl (C=O) groups is 1. The van der Waals surface area contributed by atoms with Crippen molar-refractivity contribution in [3.8, 4) is 11.5 Å². The van der Waals surface area contributed by atoms with Crippen LogP contribution in [0.15, 0.2) is 60.7 Å². The Bertz CT molecular complexity index is 923. The van der Waals surface area contributed by atoms with E-state index in [9.17, 15) is 4.79 Å². The summed E-state index contributed by atoms with van der Waals surface area (Å²) in [5.41, 5.74) is 1.50. The van der Waals surface area contributed by atoms with Gasteiger partial charge in [0.15, 0.2) is 0 Å². The second-order valence-electron chi connectivity index (χ2n) is 6.02. The van der Waals surface area contributed by atoms with Gasteiger partial charge in [0.25, 0.3) is 5.91 Å². The molecule has 5 nitrogen and oxygen atoms in total. The molecule has 0 radical (unpaired) electrons. The summed E-state index contributed by atoms with van der Waals surface area (Å²) in [5, 5.41) is 5.15. The lowest BCUT2D eigenvalue weighted by Gasteiger charge is -2.13. The number of rotatable bonds is 8. The Balaban J connectivity index is 1.74. The molecule has 140 valence electrons. The zero-order valence-corrected chi connectivity index (χ0v) is 15.5. The minimum absolute atomic E-state index is 0.165. The molecule has 3 rings (SSSR count). The third kappa shape index (κ3) is 4.57. The van der Waals surface area contributed by atoms with E-state index in [-0.39, 0.29) is 5.91 Å². The number of ether oxygens (including phenoxy) is 3. The molecule has 3 aromatic carbocycles. The van der Waals surface area contributed by atoms with E-state index in [1.54, 1.807) is 32.4 Å². The summed E-state index contributed by atoms with van der Waals surface area (Å²) in [5.74, 6) is 1.23. The first-order chi connectivity index (χ1) is 13.2. The molecule has 0 heterocycles. The van der Waals surface area contributed by atoms with Crippen LogP contribution in [0, 0.1) is 0 Å². The lowest BCUT2D eigenvalue weighted by atomic mass is 10.0. The van der Waals surface area contributed by atoms with E-state index in [2.05, 4.69) is 5.32 Å². The fourth-order valence-electron chi connectivity index (χ4n) is 2.93. The Labute approximate surface area is 158 Å². The zero-order chi connectivity index (χ0) is 19.1. The average molecular weight is 365 g/mol. The van der Waals surface area contributed by atoms with Crippen LogP contribution in [-0.2, 0) is 11.3 Å². The second-order valence-corrected chi connectivity index (χ2v) is 6.02. The van der Waals surface area contributed by atoms with E-state index >= 15 is 0 Å². The molecule has 27 heavy (non-hydrogen) atoms. The van der Waals surface area contributed by atoms with Gasteiger partial charge in [-0.2, -0.15) is 0 Å². The lowest BCUT2D eigenvalue weighted by Crippen LogP contribution is -2.23. The highest BCUT2D eigenvalue weighted by Crippen LogP contribution is 2.28. The first-order valence-electron chi connectivity index (χ1n) is 8.77. The van der Waals surface area contributed by atoms with Crippen molar-refractivity contribution in [2.24, 2.45) is 0 Å². The van der Waals surface area contributed by atoms with Gasteiger partial charge in [-0.05, 0) is 35.0 Å². The maximum Gasteiger partial charge on any atom is 0.251 e. The molecule has 1 amide bonds. The Morgan fingerprint density at radius 2 is 1.81 bits per heavy atom. The molecular weight excluding hydrogens is 342 g/mol. The van der Waals surface area contributed by atoms with E-state index in [0.29, 0.717) is 31.1 Å². The fraction of sp³-hybridized carbons (Fsp3) is 0.227. The Morgan fingerprint density at radius 1 is 0.963 bits per heavy atom. The molecule has 0 fully saturated rings. The van der Waals surface area contributed by atoms with Crippen LogP contribution in [0.25, 0.3) is 10.8 Å². The number of hydrogen-bond donors (Lipinski definition) is 1. The van der Waals surface area contributed by atoms with Crippen LogP contribution in [0.5, 0.6) is 11.5 Å². The summed E-state index contributed by atoms with van der Waals surface area (Å²) >= 11 is 0. The summed E-state index contributed by atoms with van der Waals surface area (Å²) in [6.45, 7) is 1.31. The molecule has 0 aliphatic rings. The van der Waals surface area contributed by atoms with Gasteiger partial charge in [-0.15, -0.1) is 0 Å². The maximum absolute atomic E-state index is 12.6. The minimum Gasteiger partial charge on any atom is -0.496 e. The molecule has 0 atom stereocenters. The van der Waals surface area contributed by atoms with Crippen LogP contribution in [0.3, 0.4) is 0 Å². The van der Waals surface area contributed by atoms with E-state index in [1.165, 1.54) is 0 Å². The van der Waals surface area contributed by atoms with Crippen LogP contribution in [0.4, 0.5) is 0 Å². The standard InChI is InChI=1S/C22H23NO4/c1-25-12-13-27-18-8-5-7-17(14-18)22(24)23-15-20-19-9-4-3-6-16(19)10-11-21(20)26-2/h3-11,14H,12-13,15H2,1-2H3,(H,23,24). The summed E-state index contributed by atoms with van der Waals surface area (Å²) < 4.78 is 16.0. The van der Waals surface area contributed by atoms with Crippen LogP contribution in [-0.4, -0.2) is 33.3 Å². The number of carbonyl (C=O) groups excluding carboxylic acids is 1. The third-order valence-corrected chi connectivity index (χ3v) is 4.30. The number of fused-ring (bicyclic) bond motifs is 1. The van der Waals surface area contributed by atoms with Crippen molar-refractivity contribution in [1.82, 2.24) is 5.32 Å². The van der Waals surface area contributed by atoms with Crippen LogP contribution < -0.4 is 14.8 Å². The SMILES string of the molecule is COCCOc1cccc(C(=O)NCc2c(OC)ccc3ccccc23)c1. The molecule has 0 bridgehead atoms. The Hall–Kier alpha value is -3.05. The van der Waals surface area contributed by atoms with E-state index in [0.717, 1.165) is 22.1 Å². The highest BCUT2D eigenvalue weighted by molar-refractivity contribution is 5.95. The van der Waals surface area contributed by atoms with Gasteiger partial charge in [0, 0.05) is 24.8 Å². The molecule has 0 spiro atoms. The monoisotopic (exact) mass is 365 g/mol. The summed E-state index contributed by atoms with van der Waals surface area (Å²) in [6.07, 6.45) is 0. The van der Waals surface area contributed by atoms with Gasteiger partial charge in [-0.25, -0.2) is 0 Å². The van der Waals surface area contributed by atoms with Gasteiger partial charge in [-0.1, -0.05) is 36.4 Å². The van der Waals surface area contributed by atoms with Gasteiger partial charge < -0.3 is 19.5 Å². The third-order valence-electron chi connectivity index (χ3n) is 4.30. The van der Waals surface area contributed by atoms with Gasteiger partial charge in [0.05, 0.1) is 13.7 Å². The number of hydrogen-bond acceptors (Lipinski definition) is 4. The van der Waals surface area contributed by atoms with Crippen LogP contribution >= 0.6 is 0 Å². The number of methoxy groups -OCH3 is 2. The fourth-order valence-corrected chi connectivity index (χ4v) is 2.93. The molecular formula is C22H23NO4. The molecule has 5 heteroatoms. The molecule has 0 saturated carbocycles. The van der Waals surface area contributed by atoms with Gasteiger partial charge in [0.1, 0.15) is 18.1 Å².